The summed E-state index contributed by atoms with van der Waals surface area (Å²) in [7, 11) is 0. The summed E-state index contributed by atoms with van der Waals surface area (Å²) in [6, 6.07) is 12.1. The quantitative estimate of drug-likeness (QED) is 0.448. The second-order valence-electron chi connectivity index (χ2n) is 15.6. The standard InChI is InChI=1S/C35H39N5O6/c1-30(2,3)45-34-23(32(34,7)8)25(41)38-29-39(21-15-11-13-19(17-21)22-20(18-36)14-12-16-37-22)26(42)24-33(9,10)35(24,46-31(4,5)6)28(44)40(29)27(34)43/h11-17,23-24H,1-10H3. The highest BCUT2D eigenvalue weighted by atomic mass is 16.5. The van der Waals surface area contributed by atoms with Crippen LogP contribution in [-0.2, 0) is 28.7 Å². The van der Waals surface area contributed by atoms with E-state index in [0.29, 0.717) is 16.8 Å². The van der Waals surface area contributed by atoms with Crippen molar-refractivity contribution < 1.29 is 28.7 Å². The molecule has 4 atom stereocenters. The topological polar surface area (TPSA) is 142 Å². The van der Waals surface area contributed by atoms with Gasteiger partial charge in [0.1, 0.15) is 6.07 Å². The van der Waals surface area contributed by atoms with Crippen molar-refractivity contribution in [3.63, 3.8) is 0 Å². The number of rotatable bonds is 4. The summed E-state index contributed by atoms with van der Waals surface area (Å²) in [6.45, 7) is 17.7. The van der Waals surface area contributed by atoms with Crippen LogP contribution in [0.3, 0.4) is 0 Å². The molecule has 0 N–H and O–H groups in total. The molecule has 4 unspecified atom stereocenters. The number of fused-ring (bicyclic) bond motifs is 3. The van der Waals surface area contributed by atoms with Gasteiger partial charge in [0.15, 0.2) is 11.2 Å². The molecule has 1 aromatic heterocycles. The molecule has 0 bridgehead atoms. The number of guanidine groups is 1. The maximum Gasteiger partial charge on any atom is 0.269 e. The van der Waals surface area contributed by atoms with Crippen molar-refractivity contribution >= 4 is 35.3 Å². The number of hydrogen-bond donors (Lipinski definition) is 0. The van der Waals surface area contributed by atoms with Crippen molar-refractivity contribution in [2.24, 2.45) is 27.7 Å². The lowest BCUT2D eigenvalue weighted by atomic mass is 10.0. The van der Waals surface area contributed by atoms with Crippen molar-refractivity contribution in [1.29, 1.82) is 5.26 Å². The van der Waals surface area contributed by atoms with Gasteiger partial charge in [0.25, 0.3) is 17.7 Å². The molecule has 0 radical (unpaired) electrons. The zero-order chi connectivity index (χ0) is 34.0. The lowest BCUT2D eigenvalue weighted by molar-refractivity contribution is -0.175. The minimum absolute atomic E-state index is 0.240. The zero-order valence-electron chi connectivity index (χ0n) is 27.9. The van der Waals surface area contributed by atoms with Gasteiger partial charge in [0.2, 0.25) is 11.9 Å². The predicted molar refractivity (Wildman–Crippen MR) is 168 cm³/mol. The Hall–Kier alpha value is -4.27. The average molecular weight is 626 g/mol. The number of ether oxygens (including phenoxy) is 2. The van der Waals surface area contributed by atoms with E-state index in [1.807, 2.05) is 0 Å². The first-order chi connectivity index (χ1) is 21.2. The number of nitriles is 1. The van der Waals surface area contributed by atoms with Gasteiger partial charge < -0.3 is 9.47 Å². The van der Waals surface area contributed by atoms with E-state index < -0.39 is 74.7 Å². The maximum atomic E-state index is 15.0. The number of pyridine rings is 1. The van der Waals surface area contributed by atoms with Gasteiger partial charge in [-0.25, -0.2) is 9.80 Å². The first-order valence-corrected chi connectivity index (χ1v) is 15.4. The fourth-order valence-electron chi connectivity index (χ4n) is 7.60. The van der Waals surface area contributed by atoms with Crippen LogP contribution in [0.15, 0.2) is 47.6 Å². The van der Waals surface area contributed by atoms with E-state index in [4.69, 9.17) is 9.47 Å². The maximum absolute atomic E-state index is 15.0. The van der Waals surface area contributed by atoms with Crippen molar-refractivity contribution in [2.75, 3.05) is 4.90 Å². The summed E-state index contributed by atoms with van der Waals surface area (Å²) in [5.74, 6) is -5.17. The van der Waals surface area contributed by atoms with E-state index in [0.717, 1.165) is 4.90 Å². The number of carbonyl (C=O) groups is 4. The molecule has 4 amide bonds. The molecule has 240 valence electrons. The fraction of sp³-hybridized carbons (Fsp3) is 0.514. The summed E-state index contributed by atoms with van der Waals surface area (Å²) < 4.78 is 12.9. The Labute approximate surface area is 268 Å². The number of nitrogens with zero attached hydrogens (tertiary/aromatic N) is 5. The third kappa shape index (κ3) is 4.09. The molecule has 46 heavy (non-hydrogen) atoms. The molecule has 4 aliphatic rings. The van der Waals surface area contributed by atoms with E-state index in [2.05, 4.69) is 16.0 Å². The third-order valence-corrected chi connectivity index (χ3v) is 9.61. The molecule has 11 heteroatoms. The molecule has 3 heterocycles. The molecule has 2 aliphatic carbocycles. The van der Waals surface area contributed by atoms with Crippen molar-refractivity contribution in [1.82, 2.24) is 9.88 Å². The smallest absolute Gasteiger partial charge is 0.269 e. The van der Waals surface area contributed by atoms with Crippen LogP contribution in [-0.4, -0.2) is 61.9 Å². The van der Waals surface area contributed by atoms with E-state index in [-0.39, 0.29) is 5.69 Å². The van der Waals surface area contributed by atoms with E-state index >= 15 is 0 Å². The van der Waals surface area contributed by atoms with Crippen LogP contribution in [0, 0.1) is 34.0 Å². The minimum Gasteiger partial charge on any atom is -0.358 e. The molecule has 1 saturated heterocycles. The average Bonchev–Trinajstić information content (AvgIpc) is 3.67. The molecule has 2 saturated carbocycles. The van der Waals surface area contributed by atoms with Crippen LogP contribution in [0.2, 0.25) is 0 Å². The van der Waals surface area contributed by atoms with Crippen molar-refractivity contribution in [3.8, 4) is 17.3 Å². The van der Waals surface area contributed by atoms with Crippen LogP contribution < -0.4 is 4.90 Å². The number of benzene rings is 1. The zero-order valence-corrected chi connectivity index (χ0v) is 27.9. The molecule has 2 aromatic rings. The second kappa shape index (κ2) is 9.39. The van der Waals surface area contributed by atoms with Gasteiger partial charge in [-0.15, -0.1) is 0 Å². The second-order valence-corrected chi connectivity index (χ2v) is 15.6. The Morgan fingerprint density at radius 2 is 1.37 bits per heavy atom. The summed E-state index contributed by atoms with van der Waals surface area (Å²) in [6.07, 6.45) is 1.56. The normalized spacial score (nSPS) is 29.5. The van der Waals surface area contributed by atoms with Crippen LogP contribution in [0.4, 0.5) is 5.69 Å². The number of amides is 4. The van der Waals surface area contributed by atoms with E-state index in [1.54, 1.807) is 112 Å². The molecule has 0 spiro atoms. The van der Waals surface area contributed by atoms with E-state index in [1.165, 1.54) is 4.90 Å². The molecule has 2 aliphatic heterocycles. The van der Waals surface area contributed by atoms with Crippen LogP contribution >= 0.6 is 0 Å². The number of aliphatic imine (C=N–C) groups is 1. The first-order valence-electron chi connectivity index (χ1n) is 15.4. The van der Waals surface area contributed by atoms with Gasteiger partial charge in [-0.3, -0.25) is 24.2 Å². The predicted octanol–water partition coefficient (Wildman–Crippen LogP) is 4.64. The highest BCUT2D eigenvalue weighted by Gasteiger charge is 2.88. The van der Waals surface area contributed by atoms with Crippen LogP contribution in [0.25, 0.3) is 11.3 Å². The fourth-order valence-corrected chi connectivity index (χ4v) is 7.60. The number of imide groups is 1. The Morgan fingerprint density at radius 3 is 1.93 bits per heavy atom. The number of anilines is 1. The number of hydrogen-bond acceptors (Lipinski definition) is 8. The summed E-state index contributed by atoms with van der Waals surface area (Å²) >= 11 is 0. The Bertz CT molecular complexity index is 1810. The lowest BCUT2D eigenvalue weighted by Gasteiger charge is -2.37. The summed E-state index contributed by atoms with van der Waals surface area (Å²) in [5, 5.41) is 9.73. The van der Waals surface area contributed by atoms with Gasteiger partial charge in [0.05, 0.1) is 40.0 Å². The Morgan fingerprint density at radius 1 is 0.804 bits per heavy atom. The molecular formula is C35H39N5O6. The number of carbonyl (C=O) groups excluding carboxylic acids is 4. The summed E-state index contributed by atoms with van der Waals surface area (Å²) in [5.41, 5.74) is -5.76. The van der Waals surface area contributed by atoms with Gasteiger partial charge in [-0.1, -0.05) is 39.8 Å². The highest BCUT2D eigenvalue weighted by molar-refractivity contribution is 6.35. The molecule has 3 fully saturated rings. The Balaban J connectivity index is 1.61. The first kappa shape index (κ1) is 31.7. The van der Waals surface area contributed by atoms with Crippen LogP contribution in [0.5, 0.6) is 0 Å². The largest absolute Gasteiger partial charge is 0.358 e. The van der Waals surface area contributed by atoms with Crippen molar-refractivity contribution in [3.05, 3.63) is 48.2 Å². The highest BCUT2D eigenvalue weighted by Crippen LogP contribution is 2.70. The lowest BCUT2D eigenvalue weighted by Crippen LogP contribution is -2.59. The molecular weight excluding hydrogens is 586 g/mol. The third-order valence-electron chi connectivity index (χ3n) is 9.61. The molecule has 11 nitrogen and oxygen atoms in total. The van der Waals surface area contributed by atoms with Gasteiger partial charge >= 0.3 is 0 Å². The van der Waals surface area contributed by atoms with Gasteiger partial charge in [-0.2, -0.15) is 10.3 Å². The summed E-state index contributed by atoms with van der Waals surface area (Å²) in [4.78, 5) is 69.6. The van der Waals surface area contributed by atoms with Gasteiger partial charge in [0, 0.05) is 22.6 Å². The molecule has 1 aromatic carbocycles. The van der Waals surface area contributed by atoms with E-state index in [9.17, 15) is 24.4 Å². The van der Waals surface area contributed by atoms with Crippen LogP contribution in [0.1, 0.15) is 74.8 Å². The van der Waals surface area contributed by atoms with Crippen molar-refractivity contribution in [2.45, 2.75) is 91.6 Å². The Kier molecular flexibility index (Phi) is 6.47. The monoisotopic (exact) mass is 625 g/mol. The number of aromatic nitrogens is 1. The minimum atomic E-state index is -1.73. The molecule has 6 rings (SSSR count). The SMILES string of the molecule is CC(C)(C)OC12C(=O)N3C(=O)C4(OC(C)(C)C)C(C(=O)N(c5cccc(-c6ncccc6C#N)c5)C3=NC(=O)C1C2(C)C)C4(C)C. The van der Waals surface area contributed by atoms with Gasteiger partial charge in [-0.05, 0) is 65.8 Å².